The quantitative estimate of drug-likeness (QED) is 0.384. The van der Waals surface area contributed by atoms with Crippen molar-refractivity contribution in [3.05, 3.63) is 17.9 Å². The number of hydrogen-bond acceptors (Lipinski definition) is 3. The minimum Gasteiger partial charge on any atom is -0.355 e. The van der Waals surface area contributed by atoms with Crippen molar-refractivity contribution in [1.29, 1.82) is 0 Å². The van der Waals surface area contributed by atoms with Crippen LogP contribution in [0.1, 0.15) is 46.0 Å². The number of amides is 1. The van der Waals surface area contributed by atoms with E-state index in [9.17, 15) is 9.59 Å². The van der Waals surface area contributed by atoms with Gasteiger partial charge in [-0.25, -0.2) is 0 Å². The smallest absolute Gasteiger partial charge is 0.216 e. The largest absolute Gasteiger partial charge is 0.355 e. The number of Topliss-reactive ketones (excluding diaryl/α,β-unsaturated/α-hetero) is 1. The molecule has 0 aliphatic rings. The second-order valence-corrected chi connectivity index (χ2v) is 4.82. The molecule has 18 heavy (non-hydrogen) atoms. The lowest BCUT2D eigenvalue weighted by Crippen LogP contribution is -2.31. The summed E-state index contributed by atoms with van der Waals surface area (Å²) in [5, 5.41) is 2.13. The van der Waals surface area contributed by atoms with Gasteiger partial charge in [0.1, 0.15) is 0 Å². The molecule has 0 unspecified atom stereocenters. The number of carbonyl (C=O) groups excluding carboxylic acids is 2. The second-order valence-electron chi connectivity index (χ2n) is 4.19. The van der Waals surface area contributed by atoms with Gasteiger partial charge in [-0.2, -0.15) is 12.6 Å². The van der Waals surface area contributed by atoms with Gasteiger partial charge in [0.2, 0.25) is 5.91 Å². The van der Waals surface area contributed by atoms with E-state index >= 15 is 0 Å². The summed E-state index contributed by atoms with van der Waals surface area (Å²) in [5.74, 6) is -0.144. The first-order valence-electron chi connectivity index (χ1n) is 6.42. The molecule has 0 bridgehead atoms. The molecule has 1 atom stereocenters. The first-order valence-corrected chi connectivity index (χ1v) is 6.94. The molecular formula is C14H23NO2S. The number of nitrogens with one attached hydrogen (secondary N) is 1. The minimum absolute atomic E-state index is 0.00143. The molecule has 102 valence electrons. The van der Waals surface area contributed by atoms with Crippen LogP contribution in [0, 0.1) is 0 Å². The average molecular weight is 269 g/mol. The fraction of sp³-hybridized carbons (Fsp3) is 0.643. The van der Waals surface area contributed by atoms with Crippen molar-refractivity contribution in [3.63, 3.8) is 0 Å². The topological polar surface area (TPSA) is 46.2 Å². The Bertz CT molecular complexity index is 320. The van der Waals surface area contributed by atoms with Gasteiger partial charge < -0.3 is 5.32 Å². The van der Waals surface area contributed by atoms with Crippen LogP contribution in [0.15, 0.2) is 17.9 Å². The zero-order valence-electron chi connectivity index (χ0n) is 11.2. The summed E-state index contributed by atoms with van der Waals surface area (Å²) >= 11 is 4.15. The van der Waals surface area contributed by atoms with Gasteiger partial charge in [-0.3, -0.25) is 9.59 Å². The lowest BCUT2D eigenvalue weighted by Gasteiger charge is -2.07. The van der Waals surface area contributed by atoms with Gasteiger partial charge in [0, 0.05) is 19.9 Å². The third-order valence-corrected chi connectivity index (χ3v) is 2.88. The number of ketones is 1. The summed E-state index contributed by atoms with van der Waals surface area (Å²) in [6, 6.07) is 0. The van der Waals surface area contributed by atoms with Crippen molar-refractivity contribution in [3.8, 4) is 0 Å². The summed E-state index contributed by atoms with van der Waals surface area (Å²) in [6.07, 6.45) is 8.62. The van der Waals surface area contributed by atoms with Crippen molar-refractivity contribution >= 4 is 24.3 Å². The Morgan fingerprint density at radius 1 is 1.33 bits per heavy atom. The zero-order chi connectivity index (χ0) is 13.8. The zero-order valence-corrected chi connectivity index (χ0v) is 12.1. The number of rotatable bonds is 9. The van der Waals surface area contributed by atoms with Crippen LogP contribution in [0.3, 0.4) is 0 Å². The number of thiol groups is 1. The maximum atomic E-state index is 11.6. The number of hydrogen-bond donors (Lipinski definition) is 2. The van der Waals surface area contributed by atoms with Crippen molar-refractivity contribution in [2.45, 2.75) is 51.2 Å². The molecule has 0 rings (SSSR count). The lowest BCUT2D eigenvalue weighted by molar-refractivity contribution is -0.119. The normalized spacial score (nSPS) is 11.3. The van der Waals surface area contributed by atoms with Gasteiger partial charge in [-0.1, -0.05) is 19.8 Å². The number of unbranched alkanes of at least 4 members (excludes halogenated alkanes) is 3. The third-order valence-electron chi connectivity index (χ3n) is 2.41. The summed E-state index contributed by atoms with van der Waals surface area (Å²) in [6.45, 7) is 3.87. The molecule has 0 spiro atoms. The molecule has 0 saturated heterocycles. The first-order chi connectivity index (χ1) is 8.57. The van der Waals surface area contributed by atoms with Gasteiger partial charge in [0.05, 0.1) is 5.25 Å². The Labute approximate surface area is 115 Å². The highest BCUT2D eigenvalue weighted by Gasteiger charge is 2.12. The van der Waals surface area contributed by atoms with Crippen LogP contribution in [-0.2, 0) is 9.59 Å². The molecule has 0 radical (unpaired) electrons. The highest BCUT2D eigenvalue weighted by atomic mass is 32.1. The van der Waals surface area contributed by atoms with E-state index in [0.29, 0.717) is 6.42 Å². The number of carbonyl (C=O) groups is 2. The molecule has 0 aliphatic carbocycles. The van der Waals surface area contributed by atoms with Crippen LogP contribution in [0.5, 0.6) is 0 Å². The van der Waals surface area contributed by atoms with Crippen LogP contribution < -0.4 is 5.32 Å². The van der Waals surface area contributed by atoms with Crippen LogP contribution in [0.2, 0.25) is 0 Å². The van der Waals surface area contributed by atoms with E-state index in [1.54, 1.807) is 6.08 Å². The van der Waals surface area contributed by atoms with Gasteiger partial charge >= 0.3 is 0 Å². The van der Waals surface area contributed by atoms with Crippen LogP contribution >= 0.6 is 12.6 Å². The van der Waals surface area contributed by atoms with Gasteiger partial charge in [-0.15, -0.1) is 5.73 Å². The predicted octanol–water partition coefficient (Wildman–Crippen LogP) is 2.67. The molecule has 0 aromatic rings. The molecule has 4 heteroatoms. The summed E-state index contributed by atoms with van der Waals surface area (Å²) in [5.41, 5.74) is 3.00. The fourth-order valence-electron chi connectivity index (χ4n) is 1.31. The summed E-state index contributed by atoms with van der Waals surface area (Å²) in [7, 11) is 0. The number of allylic oxidation sites excluding steroid dienone is 1. The molecule has 0 aromatic heterocycles. The monoisotopic (exact) mass is 269 g/mol. The van der Waals surface area contributed by atoms with Gasteiger partial charge in [0.15, 0.2) is 5.78 Å². The van der Waals surface area contributed by atoms with Crippen molar-refractivity contribution in [2.24, 2.45) is 0 Å². The van der Waals surface area contributed by atoms with Gasteiger partial charge in [0.25, 0.3) is 0 Å². The van der Waals surface area contributed by atoms with E-state index in [1.807, 2.05) is 6.08 Å². The molecule has 0 heterocycles. The minimum atomic E-state index is -0.438. The van der Waals surface area contributed by atoms with Crippen molar-refractivity contribution < 1.29 is 9.59 Å². The highest BCUT2D eigenvalue weighted by Crippen LogP contribution is 2.01. The van der Waals surface area contributed by atoms with E-state index in [1.165, 1.54) is 26.2 Å². The SMILES string of the molecule is CCCCCC=C=CCC(=O)[C@@H](S)CNC(C)=O. The van der Waals surface area contributed by atoms with Crippen LogP contribution in [0.4, 0.5) is 0 Å². The van der Waals surface area contributed by atoms with E-state index in [0.717, 1.165) is 6.42 Å². The van der Waals surface area contributed by atoms with E-state index in [4.69, 9.17) is 0 Å². The molecule has 1 N–H and O–H groups in total. The molecule has 3 nitrogen and oxygen atoms in total. The third kappa shape index (κ3) is 10.2. The van der Waals surface area contributed by atoms with Gasteiger partial charge in [-0.05, 0) is 25.0 Å². The standard InChI is InChI=1S/C14H23NO2S/c1-3-4-5-6-7-8-9-10-13(17)14(18)11-15-12(2)16/h7,9,14,18H,3-6,10-11H2,1-2H3,(H,15,16)/t8?,14-/m0/s1. The molecular weight excluding hydrogens is 246 g/mol. The highest BCUT2D eigenvalue weighted by molar-refractivity contribution is 7.81. The average Bonchev–Trinajstić information content (AvgIpc) is 2.34. The van der Waals surface area contributed by atoms with Crippen molar-refractivity contribution in [2.75, 3.05) is 6.54 Å². The Kier molecular flexibility index (Phi) is 10.5. The Morgan fingerprint density at radius 2 is 2.06 bits per heavy atom. The molecule has 0 aromatic carbocycles. The Morgan fingerprint density at radius 3 is 2.67 bits per heavy atom. The second kappa shape index (κ2) is 11.1. The van der Waals surface area contributed by atoms with Crippen LogP contribution in [-0.4, -0.2) is 23.5 Å². The first kappa shape index (κ1) is 17.0. The lowest BCUT2D eigenvalue weighted by atomic mass is 10.2. The molecule has 0 saturated carbocycles. The summed E-state index contributed by atoms with van der Waals surface area (Å²) in [4.78, 5) is 22.3. The maximum absolute atomic E-state index is 11.6. The maximum Gasteiger partial charge on any atom is 0.216 e. The van der Waals surface area contributed by atoms with E-state index in [-0.39, 0.29) is 18.2 Å². The Balaban J connectivity index is 3.80. The molecule has 0 aliphatic heterocycles. The van der Waals surface area contributed by atoms with E-state index in [2.05, 4.69) is 30.6 Å². The summed E-state index contributed by atoms with van der Waals surface area (Å²) < 4.78 is 0. The Hall–Kier alpha value is -0.990. The van der Waals surface area contributed by atoms with E-state index < -0.39 is 5.25 Å². The van der Waals surface area contributed by atoms with Crippen molar-refractivity contribution in [1.82, 2.24) is 5.32 Å². The fourth-order valence-corrected chi connectivity index (χ4v) is 1.51. The molecule has 0 fully saturated rings. The predicted molar refractivity (Wildman–Crippen MR) is 77.9 cm³/mol. The molecule has 1 amide bonds. The van der Waals surface area contributed by atoms with Crippen LogP contribution in [0.25, 0.3) is 0 Å².